The third kappa shape index (κ3) is 4.96. The molecule has 0 saturated heterocycles. The molecule has 0 bridgehead atoms. The maximum atomic E-state index is 10.8. The second kappa shape index (κ2) is 4.61. The van der Waals surface area contributed by atoms with Crippen LogP contribution >= 0.6 is 46.4 Å². The van der Waals surface area contributed by atoms with E-state index in [0.717, 1.165) is 0 Å². The molecule has 11 heavy (non-hydrogen) atoms. The van der Waals surface area contributed by atoms with Crippen LogP contribution in [0.2, 0.25) is 0 Å². The summed E-state index contributed by atoms with van der Waals surface area (Å²) >= 11 is 20.9. The first-order chi connectivity index (χ1) is 4.88. The zero-order chi connectivity index (χ0) is 9.07. The van der Waals surface area contributed by atoms with Crippen molar-refractivity contribution in [1.29, 1.82) is 0 Å². The number of hydrogen-bond donors (Lipinski definition) is 0. The van der Waals surface area contributed by atoms with Gasteiger partial charge in [0.05, 0.1) is 5.88 Å². The zero-order valence-electron chi connectivity index (χ0n) is 5.61. The van der Waals surface area contributed by atoms with E-state index in [-0.39, 0.29) is 5.88 Å². The third-order valence-corrected chi connectivity index (χ3v) is 1.65. The topological polar surface area (TPSA) is 26.3 Å². The van der Waals surface area contributed by atoms with E-state index in [0.29, 0.717) is 0 Å². The summed E-state index contributed by atoms with van der Waals surface area (Å²) in [5, 5.41) is 0. The fourth-order valence-electron chi connectivity index (χ4n) is 0.281. The molecule has 0 heterocycles. The van der Waals surface area contributed by atoms with E-state index in [4.69, 9.17) is 46.4 Å². The number of carbonyl (C=O) groups excluding carboxylic acids is 1. The van der Waals surface area contributed by atoms with Gasteiger partial charge in [-0.05, 0) is 6.92 Å². The van der Waals surface area contributed by atoms with Crippen LogP contribution in [0.4, 0.5) is 0 Å². The SMILES string of the molecule is CC(CCl)OC(=O)C(Cl)(Cl)Cl. The molecule has 0 rings (SSSR count). The lowest BCUT2D eigenvalue weighted by molar-refractivity contribution is -0.146. The highest BCUT2D eigenvalue weighted by Crippen LogP contribution is 2.27. The summed E-state index contributed by atoms with van der Waals surface area (Å²) in [5.74, 6) is -0.734. The van der Waals surface area contributed by atoms with Gasteiger partial charge in [-0.2, -0.15) is 0 Å². The first kappa shape index (κ1) is 11.6. The van der Waals surface area contributed by atoms with Crippen molar-refractivity contribution in [3.8, 4) is 0 Å². The molecule has 0 spiro atoms. The van der Waals surface area contributed by atoms with Gasteiger partial charge in [-0.25, -0.2) is 4.79 Å². The summed E-state index contributed by atoms with van der Waals surface area (Å²) in [5.41, 5.74) is 0. The van der Waals surface area contributed by atoms with Crippen LogP contribution in [0.1, 0.15) is 6.92 Å². The van der Waals surface area contributed by atoms with E-state index in [2.05, 4.69) is 4.74 Å². The minimum absolute atomic E-state index is 0.173. The lowest BCUT2D eigenvalue weighted by Gasteiger charge is -2.13. The Hall–Kier alpha value is 0.630. The Morgan fingerprint density at radius 1 is 1.55 bits per heavy atom. The highest BCUT2D eigenvalue weighted by atomic mass is 35.6. The van der Waals surface area contributed by atoms with Crippen LogP contribution in [-0.2, 0) is 9.53 Å². The fourth-order valence-corrected chi connectivity index (χ4v) is 0.478. The second-order valence-electron chi connectivity index (χ2n) is 1.87. The number of hydrogen-bond acceptors (Lipinski definition) is 2. The Kier molecular flexibility index (Phi) is 4.87. The molecule has 0 aromatic rings. The largest absolute Gasteiger partial charge is 0.458 e. The first-order valence-electron chi connectivity index (χ1n) is 2.71. The lowest BCUT2D eigenvalue weighted by Crippen LogP contribution is -2.26. The van der Waals surface area contributed by atoms with Gasteiger partial charge in [-0.1, -0.05) is 34.8 Å². The summed E-state index contributed by atoms with van der Waals surface area (Å²) in [7, 11) is 0. The van der Waals surface area contributed by atoms with Crippen molar-refractivity contribution < 1.29 is 9.53 Å². The number of alkyl halides is 4. The van der Waals surface area contributed by atoms with Crippen molar-refractivity contribution in [2.24, 2.45) is 0 Å². The van der Waals surface area contributed by atoms with E-state index < -0.39 is 15.9 Å². The van der Waals surface area contributed by atoms with Crippen molar-refractivity contribution in [2.45, 2.75) is 16.8 Å². The number of carbonyl (C=O) groups is 1. The Morgan fingerprint density at radius 3 is 2.27 bits per heavy atom. The molecule has 66 valence electrons. The quantitative estimate of drug-likeness (QED) is 0.547. The number of rotatable bonds is 2. The molecule has 0 aromatic heterocycles. The Balaban J connectivity index is 3.88. The molecular formula is C5H6Cl4O2. The van der Waals surface area contributed by atoms with Crippen molar-refractivity contribution >= 4 is 52.4 Å². The van der Waals surface area contributed by atoms with Crippen molar-refractivity contribution in [1.82, 2.24) is 0 Å². The molecule has 0 fully saturated rings. The monoisotopic (exact) mass is 238 g/mol. The van der Waals surface area contributed by atoms with Crippen LogP contribution in [0.3, 0.4) is 0 Å². The summed E-state index contributed by atoms with van der Waals surface area (Å²) in [6, 6.07) is 0. The van der Waals surface area contributed by atoms with Gasteiger partial charge >= 0.3 is 5.97 Å². The van der Waals surface area contributed by atoms with Gasteiger partial charge in [0.25, 0.3) is 3.79 Å². The molecule has 1 unspecified atom stereocenters. The van der Waals surface area contributed by atoms with Crippen LogP contribution in [-0.4, -0.2) is 21.7 Å². The van der Waals surface area contributed by atoms with Gasteiger partial charge in [0, 0.05) is 0 Å². The second-order valence-corrected chi connectivity index (χ2v) is 4.46. The van der Waals surface area contributed by atoms with Crippen LogP contribution in [0, 0.1) is 0 Å². The van der Waals surface area contributed by atoms with Crippen LogP contribution in [0.15, 0.2) is 0 Å². The van der Waals surface area contributed by atoms with Gasteiger partial charge < -0.3 is 4.74 Å². The Bertz CT molecular complexity index is 142. The minimum Gasteiger partial charge on any atom is -0.458 e. The number of esters is 1. The van der Waals surface area contributed by atoms with Crippen LogP contribution in [0.5, 0.6) is 0 Å². The molecule has 6 heteroatoms. The van der Waals surface area contributed by atoms with Gasteiger partial charge in [-0.15, -0.1) is 11.6 Å². The van der Waals surface area contributed by atoms with Crippen molar-refractivity contribution in [3.05, 3.63) is 0 Å². The maximum absolute atomic E-state index is 10.8. The Morgan fingerprint density at radius 2 is 2.00 bits per heavy atom. The van der Waals surface area contributed by atoms with Gasteiger partial charge in [0.1, 0.15) is 6.10 Å². The van der Waals surface area contributed by atoms with Gasteiger partial charge in [0.2, 0.25) is 0 Å². The smallest absolute Gasteiger partial charge is 0.358 e. The molecular weight excluding hydrogens is 234 g/mol. The summed E-state index contributed by atoms with van der Waals surface area (Å²) in [4.78, 5) is 10.8. The van der Waals surface area contributed by atoms with E-state index in [1.54, 1.807) is 6.92 Å². The molecule has 0 aliphatic rings. The van der Waals surface area contributed by atoms with E-state index in [1.165, 1.54) is 0 Å². The molecule has 0 N–H and O–H groups in total. The molecule has 2 nitrogen and oxygen atoms in total. The average Bonchev–Trinajstić information content (AvgIpc) is 1.85. The van der Waals surface area contributed by atoms with Gasteiger partial charge in [-0.3, -0.25) is 0 Å². The van der Waals surface area contributed by atoms with Crippen LogP contribution < -0.4 is 0 Å². The summed E-state index contributed by atoms with van der Waals surface area (Å²) in [6.07, 6.45) is -0.445. The number of ether oxygens (including phenoxy) is 1. The third-order valence-electron chi connectivity index (χ3n) is 0.757. The predicted octanol–water partition coefficient (Wildman–Crippen LogP) is 2.53. The number of halogens is 4. The van der Waals surface area contributed by atoms with Gasteiger partial charge in [0.15, 0.2) is 0 Å². The highest BCUT2D eigenvalue weighted by Gasteiger charge is 2.33. The standard InChI is InChI=1S/C5H6Cl4O2/c1-3(2-6)11-4(10)5(7,8)9/h3H,2H2,1H3. The normalized spacial score (nSPS) is 14.3. The summed E-state index contributed by atoms with van der Waals surface area (Å²) < 4.78 is 2.58. The molecule has 0 saturated carbocycles. The predicted molar refractivity (Wildman–Crippen MR) is 46.6 cm³/mol. The maximum Gasteiger partial charge on any atom is 0.358 e. The summed E-state index contributed by atoms with van der Waals surface area (Å²) in [6.45, 7) is 1.60. The highest BCUT2D eigenvalue weighted by molar-refractivity contribution is 6.75. The molecule has 1 atom stereocenters. The molecule has 0 aromatic carbocycles. The van der Waals surface area contributed by atoms with Crippen molar-refractivity contribution in [3.63, 3.8) is 0 Å². The Labute approximate surface area is 84.7 Å². The minimum atomic E-state index is -2.01. The first-order valence-corrected chi connectivity index (χ1v) is 4.38. The van der Waals surface area contributed by atoms with E-state index >= 15 is 0 Å². The van der Waals surface area contributed by atoms with E-state index in [9.17, 15) is 4.79 Å². The fraction of sp³-hybridized carbons (Fsp3) is 0.800. The van der Waals surface area contributed by atoms with Crippen molar-refractivity contribution in [2.75, 3.05) is 5.88 Å². The van der Waals surface area contributed by atoms with E-state index in [1.807, 2.05) is 0 Å². The zero-order valence-corrected chi connectivity index (χ0v) is 8.64. The molecule has 0 amide bonds. The van der Waals surface area contributed by atoms with Crippen LogP contribution in [0.25, 0.3) is 0 Å². The molecule has 0 aliphatic heterocycles. The average molecular weight is 240 g/mol. The molecule has 0 aliphatic carbocycles. The lowest BCUT2D eigenvalue weighted by atomic mass is 10.5. The molecule has 0 radical (unpaired) electrons.